The highest BCUT2D eigenvalue weighted by Crippen LogP contribution is 2.09. The first-order valence-corrected chi connectivity index (χ1v) is 7.02. The van der Waals surface area contributed by atoms with E-state index in [1.165, 1.54) is 12.2 Å². The lowest BCUT2D eigenvalue weighted by Gasteiger charge is -2.07. The average Bonchev–Trinajstić information content (AvgIpc) is 2.28. The molecule has 1 heterocycles. The van der Waals surface area contributed by atoms with Gasteiger partial charge in [0.25, 0.3) is 0 Å². The van der Waals surface area contributed by atoms with Crippen LogP contribution in [0.25, 0.3) is 0 Å². The monoisotopic (exact) mass is 240 g/mol. The molecule has 0 saturated heterocycles. The molecule has 0 saturated carbocycles. The first kappa shape index (κ1) is 13.1. The predicted octanol–water partition coefficient (Wildman–Crippen LogP) is 2.18. The summed E-state index contributed by atoms with van der Waals surface area (Å²) >= 11 is 1.88. The second kappa shape index (κ2) is 7.33. The number of anilines is 2. The van der Waals surface area contributed by atoms with E-state index >= 15 is 0 Å². The Balaban J connectivity index is 2.38. The van der Waals surface area contributed by atoms with E-state index in [9.17, 15) is 0 Å². The van der Waals surface area contributed by atoms with E-state index < -0.39 is 0 Å². The molecule has 0 bridgehead atoms. The SMILES string of the molecule is CCc1nc(N)cc(NCCCCSC)n1. The topological polar surface area (TPSA) is 63.8 Å². The number of unbranched alkanes of at least 4 members (excludes halogenated alkanes) is 1. The second-order valence-corrected chi connectivity index (χ2v) is 4.56. The fourth-order valence-corrected chi connectivity index (χ4v) is 1.85. The van der Waals surface area contributed by atoms with E-state index in [1.807, 2.05) is 18.7 Å². The van der Waals surface area contributed by atoms with E-state index in [4.69, 9.17) is 5.73 Å². The molecule has 5 heteroatoms. The third-order valence-corrected chi connectivity index (χ3v) is 2.89. The van der Waals surface area contributed by atoms with Crippen LogP contribution in [0.3, 0.4) is 0 Å². The molecule has 1 rings (SSSR count). The number of nitrogens with zero attached hydrogens (tertiary/aromatic N) is 2. The van der Waals surface area contributed by atoms with Crippen molar-refractivity contribution in [3.05, 3.63) is 11.9 Å². The molecule has 0 unspecified atom stereocenters. The Kier molecular flexibility index (Phi) is 6.00. The summed E-state index contributed by atoms with van der Waals surface area (Å²) in [6.07, 6.45) is 5.33. The van der Waals surface area contributed by atoms with Crippen molar-refractivity contribution in [3.63, 3.8) is 0 Å². The quantitative estimate of drug-likeness (QED) is 0.715. The van der Waals surface area contributed by atoms with Gasteiger partial charge in [0.1, 0.15) is 17.5 Å². The molecule has 0 aliphatic heterocycles. The molecule has 1 aromatic rings. The van der Waals surface area contributed by atoms with Gasteiger partial charge in [-0.3, -0.25) is 0 Å². The maximum Gasteiger partial charge on any atom is 0.132 e. The van der Waals surface area contributed by atoms with Crippen LogP contribution >= 0.6 is 11.8 Å². The summed E-state index contributed by atoms with van der Waals surface area (Å²) < 4.78 is 0. The fraction of sp³-hybridized carbons (Fsp3) is 0.636. The van der Waals surface area contributed by atoms with Crippen LogP contribution in [-0.2, 0) is 6.42 Å². The molecule has 0 spiro atoms. The zero-order chi connectivity index (χ0) is 11.8. The van der Waals surface area contributed by atoms with Gasteiger partial charge < -0.3 is 11.1 Å². The smallest absolute Gasteiger partial charge is 0.132 e. The van der Waals surface area contributed by atoms with E-state index in [1.54, 1.807) is 6.07 Å². The molecule has 16 heavy (non-hydrogen) atoms. The standard InChI is InChI=1S/C11H20N4S/c1-3-10-14-9(12)8-11(15-10)13-6-4-5-7-16-2/h8H,3-7H2,1-2H3,(H3,12,13,14,15). The van der Waals surface area contributed by atoms with E-state index in [-0.39, 0.29) is 0 Å². The predicted molar refractivity (Wildman–Crippen MR) is 71.9 cm³/mol. The number of rotatable bonds is 7. The number of nitrogens with two attached hydrogens (primary N) is 1. The summed E-state index contributed by atoms with van der Waals surface area (Å²) in [4.78, 5) is 8.50. The molecule has 0 fully saturated rings. The summed E-state index contributed by atoms with van der Waals surface area (Å²) in [5, 5.41) is 3.28. The molecule has 3 N–H and O–H groups in total. The summed E-state index contributed by atoms with van der Waals surface area (Å²) in [6, 6.07) is 1.79. The first-order valence-electron chi connectivity index (χ1n) is 5.62. The lowest BCUT2D eigenvalue weighted by molar-refractivity contribution is 0.835. The first-order chi connectivity index (χ1) is 7.76. The maximum atomic E-state index is 5.69. The maximum absolute atomic E-state index is 5.69. The van der Waals surface area contributed by atoms with Gasteiger partial charge in [0.05, 0.1) is 0 Å². The van der Waals surface area contributed by atoms with Crippen LogP contribution in [0, 0.1) is 0 Å². The number of thioether (sulfide) groups is 1. The van der Waals surface area contributed by atoms with Gasteiger partial charge in [-0.25, -0.2) is 9.97 Å². The van der Waals surface area contributed by atoms with E-state index in [2.05, 4.69) is 21.5 Å². The van der Waals surface area contributed by atoms with Crippen molar-refractivity contribution >= 4 is 23.4 Å². The number of hydrogen-bond acceptors (Lipinski definition) is 5. The van der Waals surface area contributed by atoms with Gasteiger partial charge in [0.2, 0.25) is 0 Å². The van der Waals surface area contributed by atoms with E-state index in [0.717, 1.165) is 31.0 Å². The molecule has 0 aliphatic carbocycles. The van der Waals surface area contributed by atoms with Crippen molar-refractivity contribution < 1.29 is 0 Å². The number of aryl methyl sites for hydroxylation is 1. The van der Waals surface area contributed by atoms with Crippen LogP contribution in [-0.4, -0.2) is 28.5 Å². The lowest BCUT2D eigenvalue weighted by atomic mass is 10.3. The van der Waals surface area contributed by atoms with Crippen molar-refractivity contribution in [2.75, 3.05) is 29.6 Å². The lowest BCUT2D eigenvalue weighted by Crippen LogP contribution is -2.07. The third-order valence-electron chi connectivity index (χ3n) is 2.19. The molecule has 0 radical (unpaired) electrons. The summed E-state index contributed by atoms with van der Waals surface area (Å²) in [5.74, 6) is 3.40. The average molecular weight is 240 g/mol. The van der Waals surface area contributed by atoms with Crippen molar-refractivity contribution in [1.29, 1.82) is 0 Å². The van der Waals surface area contributed by atoms with Crippen LogP contribution in [0.5, 0.6) is 0 Å². The van der Waals surface area contributed by atoms with Crippen molar-refractivity contribution in [2.24, 2.45) is 0 Å². The Morgan fingerprint density at radius 3 is 2.88 bits per heavy atom. The molecule has 0 atom stereocenters. The normalized spacial score (nSPS) is 10.4. The third kappa shape index (κ3) is 4.70. The Labute approximate surface area is 101 Å². The molecular weight excluding hydrogens is 220 g/mol. The number of aromatic nitrogens is 2. The van der Waals surface area contributed by atoms with Crippen LogP contribution in [0.4, 0.5) is 11.6 Å². The van der Waals surface area contributed by atoms with Gasteiger partial charge in [-0.1, -0.05) is 6.92 Å². The van der Waals surface area contributed by atoms with Gasteiger partial charge in [-0.2, -0.15) is 11.8 Å². The van der Waals surface area contributed by atoms with Crippen LogP contribution in [0.1, 0.15) is 25.6 Å². The Morgan fingerprint density at radius 1 is 1.38 bits per heavy atom. The van der Waals surface area contributed by atoms with Gasteiger partial charge in [0, 0.05) is 19.0 Å². The molecule has 1 aromatic heterocycles. The number of nitrogens with one attached hydrogen (secondary N) is 1. The molecule has 0 amide bonds. The van der Waals surface area contributed by atoms with Gasteiger partial charge in [-0.05, 0) is 24.9 Å². The summed E-state index contributed by atoms with van der Waals surface area (Å²) in [5.41, 5.74) is 5.69. The molecule has 4 nitrogen and oxygen atoms in total. The highest BCUT2D eigenvalue weighted by atomic mass is 32.2. The number of nitrogen functional groups attached to an aromatic ring is 1. The minimum atomic E-state index is 0.540. The summed E-state index contributed by atoms with van der Waals surface area (Å²) in [7, 11) is 0. The van der Waals surface area contributed by atoms with Crippen molar-refractivity contribution in [2.45, 2.75) is 26.2 Å². The molecule has 90 valence electrons. The van der Waals surface area contributed by atoms with Crippen LogP contribution in [0.15, 0.2) is 6.07 Å². The zero-order valence-corrected chi connectivity index (χ0v) is 10.8. The highest BCUT2D eigenvalue weighted by Gasteiger charge is 2.00. The van der Waals surface area contributed by atoms with Crippen molar-refractivity contribution in [3.8, 4) is 0 Å². The minimum Gasteiger partial charge on any atom is -0.384 e. The minimum absolute atomic E-state index is 0.540. The largest absolute Gasteiger partial charge is 0.384 e. The van der Waals surface area contributed by atoms with Gasteiger partial charge in [-0.15, -0.1) is 0 Å². The van der Waals surface area contributed by atoms with Crippen LogP contribution < -0.4 is 11.1 Å². The Bertz CT molecular complexity index is 317. The van der Waals surface area contributed by atoms with Crippen LogP contribution in [0.2, 0.25) is 0 Å². The Morgan fingerprint density at radius 2 is 2.19 bits per heavy atom. The van der Waals surface area contributed by atoms with Gasteiger partial charge in [0.15, 0.2) is 0 Å². The zero-order valence-electron chi connectivity index (χ0n) is 9.99. The second-order valence-electron chi connectivity index (χ2n) is 3.57. The van der Waals surface area contributed by atoms with E-state index in [0.29, 0.717) is 5.82 Å². The van der Waals surface area contributed by atoms with Crippen molar-refractivity contribution in [1.82, 2.24) is 9.97 Å². The summed E-state index contributed by atoms with van der Waals surface area (Å²) in [6.45, 7) is 2.97. The highest BCUT2D eigenvalue weighted by molar-refractivity contribution is 7.98. The Hall–Kier alpha value is -0.970. The van der Waals surface area contributed by atoms with Gasteiger partial charge >= 0.3 is 0 Å². The molecule has 0 aliphatic rings. The molecular formula is C11H20N4S. The fourth-order valence-electron chi connectivity index (χ4n) is 1.35. The number of hydrogen-bond donors (Lipinski definition) is 2. The molecule has 0 aromatic carbocycles.